The zero-order valence-electron chi connectivity index (χ0n) is 16.0. The number of aliphatic hydroxyl groups is 3. The van der Waals surface area contributed by atoms with Crippen LogP contribution in [-0.4, -0.2) is 63.1 Å². The first-order valence-electron chi connectivity index (χ1n) is 9.23. The normalized spacial score (nSPS) is 27.1. The van der Waals surface area contributed by atoms with Gasteiger partial charge in [-0.2, -0.15) is 0 Å². The van der Waals surface area contributed by atoms with E-state index in [9.17, 15) is 24.9 Å². The first-order chi connectivity index (χ1) is 14.3. The summed E-state index contributed by atoms with van der Waals surface area (Å²) in [5.74, 6) is -2.07. The monoisotopic (exact) mass is 418 g/mol. The highest BCUT2D eigenvalue weighted by Gasteiger charge is 2.48. The first kappa shape index (κ1) is 21.7. The highest BCUT2D eigenvalue weighted by atomic mass is 16.7. The molecule has 0 saturated carbocycles. The fourth-order valence-corrected chi connectivity index (χ4v) is 2.97. The number of aliphatic hydroxyl groups excluding tert-OH is 3. The van der Waals surface area contributed by atoms with Crippen LogP contribution >= 0.6 is 0 Å². The maximum Gasteiger partial charge on any atom is 0.335 e. The number of hydrogen-bond acceptors (Lipinski definition) is 8. The number of para-hydroxylation sites is 1. The molecule has 4 N–H and O–H groups in total. The Hall–Kier alpha value is -2.98. The quantitative estimate of drug-likeness (QED) is 0.506. The molecule has 0 amide bonds. The summed E-state index contributed by atoms with van der Waals surface area (Å²) in [6, 6.07) is 15.8. The van der Waals surface area contributed by atoms with Gasteiger partial charge in [-0.3, -0.25) is 4.79 Å². The molecule has 0 aliphatic carbocycles. The fourth-order valence-electron chi connectivity index (χ4n) is 2.97. The number of ether oxygens (including phenoxy) is 3. The van der Waals surface area contributed by atoms with Gasteiger partial charge in [0.2, 0.25) is 6.29 Å². The molecule has 0 bridgehead atoms. The van der Waals surface area contributed by atoms with E-state index >= 15 is 0 Å². The van der Waals surface area contributed by atoms with Crippen LogP contribution in [0.5, 0.6) is 11.5 Å². The van der Waals surface area contributed by atoms with Crippen molar-refractivity contribution in [3.05, 3.63) is 60.2 Å². The van der Waals surface area contributed by atoms with Crippen LogP contribution in [0.1, 0.15) is 18.4 Å². The molecule has 0 unspecified atom stereocenters. The van der Waals surface area contributed by atoms with E-state index in [1.165, 1.54) is 0 Å². The zero-order chi connectivity index (χ0) is 21.8. The summed E-state index contributed by atoms with van der Waals surface area (Å²) in [5.41, 5.74) is 0.550. The van der Waals surface area contributed by atoms with E-state index in [1.807, 2.05) is 18.2 Å². The molecule has 1 fully saturated rings. The minimum atomic E-state index is -1.86. The summed E-state index contributed by atoms with van der Waals surface area (Å²) in [6.45, 7) is 1.55. The summed E-state index contributed by atoms with van der Waals surface area (Å²) in [7, 11) is 0. The Morgan fingerprint density at radius 2 is 1.60 bits per heavy atom. The topological polar surface area (TPSA) is 143 Å². The van der Waals surface area contributed by atoms with Crippen molar-refractivity contribution < 1.29 is 44.2 Å². The Morgan fingerprint density at radius 3 is 2.27 bits per heavy atom. The Bertz CT molecular complexity index is 885. The van der Waals surface area contributed by atoms with Gasteiger partial charge in [0.05, 0.1) is 5.92 Å². The predicted octanol–water partition coefficient (Wildman–Crippen LogP) is 1.02. The van der Waals surface area contributed by atoms with Crippen molar-refractivity contribution in [1.82, 2.24) is 0 Å². The number of carbonyl (C=O) groups is 2. The third-order valence-electron chi connectivity index (χ3n) is 4.74. The molecule has 1 saturated heterocycles. The minimum Gasteiger partial charge on any atom is -0.479 e. The van der Waals surface area contributed by atoms with Crippen LogP contribution in [0.25, 0.3) is 0 Å². The van der Waals surface area contributed by atoms with Gasteiger partial charge in [-0.15, -0.1) is 0 Å². The summed E-state index contributed by atoms with van der Waals surface area (Å²) >= 11 is 0. The molecule has 30 heavy (non-hydrogen) atoms. The number of carboxylic acid groups (broad SMARTS) is 1. The zero-order valence-corrected chi connectivity index (χ0v) is 16.0. The van der Waals surface area contributed by atoms with Crippen LogP contribution in [0.3, 0.4) is 0 Å². The third kappa shape index (κ3) is 4.77. The van der Waals surface area contributed by atoms with Gasteiger partial charge in [-0.1, -0.05) is 30.3 Å². The Labute approximate surface area is 172 Å². The van der Waals surface area contributed by atoms with E-state index in [1.54, 1.807) is 43.3 Å². The maximum atomic E-state index is 12.5. The number of carbonyl (C=O) groups excluding carboxylic acids is 1. The molecule has 1 aliphatic rings. The molecule has 9 nitrogen and oxygen atoms in total. The summed E-state index contributed by atoms with van der Waals surface area (Å²) in [6.07, 6.45) is -9.12. The van der Waals surface area contributed by atoms with Gasteiger partial charge in [0, 0.05) is 0 Å². The molecule has 0 spiro atoms. The summed E-state index contributed by atoms with van der Waals surface area (Å²) in [4.78, 5) is 23.7. The molecule has 0 radical (unpaired) electrons. The van der Waals surface area contributed by atoms with Gasteiger partial charge in [0.25, 0.3) is 0 Å². The lowest BCUT2D eigenvalue weighted by atomic mass is 9.98. The SMILES string of the molecule is C[C@H](C(=O)O[C@@H]1O[C@H](C(=O)O)[C@@H](O)[C@H](O)[C@H]1O)c1cccc(Oc2ccccc2)c1. The lowest BCUT2D eigenvalue weighted by Crippen LogP contribution is -2.60. The van der Waals surface area contributed by atoms with Crippen LogP contribution in [0.4, 0.5) is 0 Å². The maximum absolute atomic E-state index is 12.5. The molecule has 2 aromatic carbocycles. The molecular weight excluding hydrogens is 396 g/mol. The molecule has 1 heterocycles. The number of rotatable bonds is 6. The van der Waals surface area contributed by atoms with Crippen LogP contribution < -0.4 is 4.74 Å². The van der Waals surface area contributed by atoms with E-state index in [0.717, 1.165) is 0 Å². The second-order valence-corrected chi connectivity index (χ2v) is 6.88. The largest absolute Gasteiger partial charge is 0.479 e. The van der Waals surface area contributed by atoms with E-state index in [0.29, 0.717) is 17.1 Å². The average molecular weight is 418 g/mol. The Balaban J connectivity index is 1.69. The predicted molar refractivity (Wildman–Crippen MR) is 102 cm³/mol. The highest BCUT2D eigenvalue weighted by Crippen LogP contribution is 2.28. The molecule has 160 valence electrons. The van der Waals surface area contributed by atoms with Crippen molar-refractivity contribution in [3.8, 4) is 11.5 Å². The van der Waals surface area contributed by atoms with Crippen LogP contribution in [0.15, 0.2) is 54.6 Å². The highest BCUT2D eigenvalue weighted by molar-refractivity contribution is 5.78. The smallest absolute Gasteiger partial charge is 0.335 e. The van der Waals surface area contributed by atoms with Crippen molar-refractivity contribution in [3.63, 3.8) is 0 Å². The first-order valence-corrected chi connectivity index (χ1v) is 9.23. The van der Waals surface area contributed by atoms with Gasteiger partial charge in [0.15, 0.2) is 6.10 Å². The Morgan fingerprint density at radius 1 is 0.933 bits per heavy atom. The van der Waals surface area contributed by atoms with Crippen LogP contribution in [0, 0.1) is 0 Å². The van der Waals surface area contributed by atoms with Crippen LogP contribution in [-0.2, 0) is 19.1 Å². The van der Waals surface area contributed by atoms with Gasteiger partial charge < -0.3 is 34.6 Å². The Kier molecular flexibility index (Phi) is 6.68. The lowest BCUT2D eigenvalue weighted by molar-refractivity contribution is -0.286. The third-order valence-corrected chi connectivity index (χ3v) is 4.74. The average Bonchev–Trinajstić information content (AvgIpc) is 2.74. The second kappa shape index (κ2) is 9.23. The second-order valence-electron chi connectivity index (χ2n) is 6.88. The van der Waals surface area contributed by atoms with Gasteiger partial charge in [0.1, 0.15) is 29.8 Å². The molecule has 1 aliphatic heterocycles. The standard InChI is InChI=1S/C21H22O9/c1-11(12-6-5-9-14(10-12)28-13-7-3-2-4-8-13)20(27)30-21-17(24)15(22)16(23)18(29-21)19(25)26/h2-11,15-18,21-24H,1H3,(H,25,26)/t11-,15-,16-,17+,18-,21-/m0/s1. The number of carboxylic acids is 1. The molecule has 3 rings (SSSR count). The molecule has 9 heteroatoms. The van der Waals surface area contributed by atoms with Crippen LogP contribution in [0.2, 0.25) is 0 Å². The summed E-state index contributed by atoms with van der Waals surface area (Å²) < 4.78 is 15.8. The van der Waals surface area contributed by atoms with E-state index < -0.39 is 48.6 Å². The number of benzene rings is 2. The van der Waals surface area contributed by atoms with Crippen molar-refractivity contribution in [1.29, 1.82) is 0 Å². The van der Waals surface area contributed by atoms with E-state index in [4.69, 9.17) is 19.3 Å². The van der Waals surface area contributed by atoms with Crippen molar-refractivity contribution >= 4 is 11.9 Å². The molecular formula is C21H22O9. The van der Waals surface area contributed by atoms with Crippen molar-refractivity contribution in [2.75, 3.05) is 0 Å². The van der Waals surface area contributed by atoms with Crippen molar-refractivity contribution in [2.24, 2.45) is 0 Å². The number of hydrogen-bond donors (Lipinski definition) is 4. The summed E-state index contributed by atoms with van der Waals surface area (Å²) in [5, 5.41) is 38.6. The van der Waals surface area contributed by atoms with E-state index in [2.05, 4.69) is 0 Å². The molecule has 2 aromatic rings. The van der Waals surface area contributed by atoms with E-state index in [-0.39, 0.29) is 0 Å². The van der Waals surface area contributed by atoms with Gasteiger partial charge >= 0.3 is 11.9 Å². The number of esters is 1. The molecule has 0 aromatic heterocycles. The molecule has 6 atom stereocenters. The van der Waals surface area contributed by atoms with Gasteiger partial charge in [-0.05, 0) is 36.8 Å². The lowest BCUT2D eigenvalue weighted by Gasteiger charge is -2.38. The van der Waals surface area contributed by atoms with Crippen molar-refractivity contribution in [2.45, 2.75) is 43.5 Å². The fraction of sp³-hybridized carbons (Fsp3) is 0.333. The van der Waals surface area contributed by atoms with Gasteiger partial charge in [-0.25, -0.2) is 4.79 Å². The number of aliphatic carboxylic acids is 1. The minimum absolute atomic E-state index is 0.497.